The van der Waals surface area contributed by atoms with E-state index in [1.165, 1.54) is 0 Å². The Morgan fingerprint density at radius 1 is 1.47 bits per heavy atom. The van der Waals surface area contributed by atoms with Gasteiger partial charge in [-0.1, -0.05) is 29.3 Å². The summed E-state index contributed by atoms with van der Waals surface area (Å²) < 4.78 is 5.54. The highest BCUT2D eigenvalue weighted by Gasteiger charge is 2.19. The van der Waals surface area contributed by atoms with Gasteiger partial charge in [-0.15, -0.1) is 0 Å². The number of halogens is 1. The quantitative estimate of drug-likeness (QED) is 0.645. The average Bonchev–Trinajstić information content (AvgIpc) is 2.84. The molecule has 1 unspecified atom stereocenters. The summed E-state index contributed by atoms with van der Waals surface area (Å²) in [6.07, 6.45) is 6.37. The lowest BCUT2D eigenvalue weighted by atomic mass is 10.1. The zero-order chi connectivity index (χ0) is 12.5. The number of ether oxygens (including phenoxy) is 1. The molecule has 0 aromatic heterocycles. The van der Waals surface area contributed by atoms with Crippen LogP contribution in [0.5, 0.6) is 0 Å². The van der Waals surface area contributed by atoms with Gasteiger partial charge in [0.2, 0.25) is 5.91 Å². The van der Waals surface area contributed by atoms with E-state index in [9.17, 15) is 4.79 Å². The second-order valence-electron chi connectivity index (χ2n) is 4.60. The van der Waals surface area contributed by atoms with Crippen LogP contribution >= 0.6 is 15.9 Å². The average molecular weight is 306 g/mol. The summed E-state index contributed by atoms with van der Waals surface area (Å²) in [6.45, 7) is 4.75. The molecular weight excluding hydrogens is 282 g/mol. The smallest absolute Gasteiger partial charge is 0.222 e. The van der Waals surface area contributed by atoms with Crippen LogP contribution in [-0.4, -0.2) is 41.9 Å². The Morgan fingerprint density at radius 2 is 2.29 bits per heavy atom. The van der Waals surface area contributed by atoms with Crippen LogP contribution in [0.4, 0.5) is 0 Å². The molecule has 4 heteroatoms. The molecule has 1 amide bonds. The van der Waals surface area contributed by atoms with E-state index in [1.807, 2.05) is 4.90 Å². The van der Waals surface area contributed by atoms with E-state index in [0.717, 1.165) is 57.1 Å². The van der Waals surface area contributed by atoms with Crippen LogP contribution in [-0.2, 0) is 9.53 Å². The van der Waals surface area contributed by atoms with Gasteiger partial charge in [-0.25, -0.2) is 0 Å². The highest BCUT2D eigenvalue weighted by atomic mass is 79.9. The van der Waals surface area contributed by atoms with Crippen LogP contribution in [0.25, 0.3) is 0 Å². The molecule has 1 fully saturated rings. The van der Waals surface area contributed by atoms with E-state index in [4.69, 9.17) is 4.74 Å². The first-order valence-corrected chi connectivity index (χ1v) is 7.85. The van der Waals surface area contributed by atoms with E-state index in [0.29, 0.717) is 12.5 Å². The first kappa shape index (κ1) is 15.0. The first-order valence-electron chi connectivity index (χ1n) is 6.73. The van der Waals surface area contributed by atoms with E-state index in [-0.39, 0.29) is 5.91 Å². The van der Waals surface area contributed by atoms with Crippen molar-refractivity contribution in [2.45, 2.75) is 51.6 Å². The van der Waals surface area contributed by atoms with Crippen LogP contribution in [0.15, 0.2) is 0 Å². The molecule has 1 saturated heterocycles. The summed E-state index contributed by atoms with van der Waals surface area (Å²) in [4.78, 5) is 14.0. The highest BCUT2D eigenvalue weighted by molar-refractivity contribution is 9.09. The molecule has 1 atom stereocenters. The van der Waals surface area contributed by atoms with Crippen molar-refractivity contribution in [3.63, 3.8) is 0 Å². The van der Waals surface area contributed by atoms with Crippen LogP contribution in [0.2, 0.25) is 0 Å². The van der Waals surface area contributed by atoms with Crippen molar-refractivity contribution < 1.29 is 9.53 Å². The van der Waals surface area contributed by atoms with Gasteiger partial charge in [-0.2, -0.15) is 0 Å². The lowest BCUT2D eigenvalue weighted by Crippen LogP contribution is -2.34. The van der Waals surface area contributed by atoms with E-state index < -0.39 is 0 Å². The molecule has 0 radical (unpaired) electrons. The summed E-state index contributed by atoms with van der Waals surface area (Å²) in [7, 11) is 0. The molecule has 0 spiro atoms. The van der Waals surface area contributed by atoms with Crippen molar-refractivity contribution in [1.29, 1.82) is 0 Å². The molecule has 0 bridgehead atoms. The number of nitrogens with zero attached hydrogens (tertiary/aromatic N) is 1. The van der Waals surface area contributed by atoms with Gasteiger partial charge in [0.1, 0.15) is 0 Å². The van der Waals surface area contributed by atoms with Crippen molar-refractivity contribution in [2.24, 2.45) is 0 Å². The second kappa shape index (κ2) is 8.92. The fourth-order valence-corrected chi connectivity index (χ4v) is 2.55. The van der Waals surface area contributed by atoms with Crippen molar-refractivity contribution in [3.05, 3.63) is 0 Å². The number of carbonyl (C=O) groups is 1. The molecule has 17 heavy (non-hydrogen) atoms. The molecule has 0 aromatic rings. The van der Waals surface area contributed by atoms with Crippen molar-refractivity contribution in [1.82, 2.24) is 4.90 Å². The number of unbranched alkanes of at least 4 members (excludes halogenated alkanes) is 1. The van der Waals surface area contributed by atoms with Crippen LogP contribution in [0.3, 0.4) is 0 Å². The Hall–Kier alpha value is -0.0900. The molecule has 100 valence electrons. The molecule has 1 heterocycles. The predicted octanol–water partition coefficient (Wildman–Crippen LogP) is 2.97. The monoisotopic (exact) mass is 305 g/mol. The van der Waals surface area contributed by atoms with Crippen molar-refractivity contribution >= 4 is 21.8 Å². The summed E-state index contributed by atoms with van der Waals surface area (Å²) >= 11 is 3.41. The molecule has 0 N–H and O–H groups in total. The van der Waals surface area contributed by atoms with Gasteiger partial charge in [0, 0.05) is 31.4 Å². The van der Waals surface area contributed by atoms with Gasteiger partial charge in [-0.3, -0.25) is 4.79 Å². The van der Waals surface area contributed by atoms with Crippen molar-refractivity contribution in [3.8, 4) is 0 Å². The Balaban J connectivity index is 2.24. The van der Waals surface area contributed by atoms with E-state index >= 15 is 0 Å². The molecule has 1 aliphatic rings. The third-order valence-electron chi connectivity index (χ3n) is 3.19. The number of hydrogen-bond acceptors (Lipinski definition) is 2. The molecule has 0 aliphatic carbocycles. The molecule has 1 rings (SSSR count). The van der Waals surface area contributed by atoms with Gasteiger partial charge in [0.25, 0.3) is 0 Å². The Morgan fingerprint density at radius 3 is 2.88 bits per heavy atom. The summed E-state index contributed by atoms with van der Waals surface area (Å²) in [5.74, 6) is 0.286. The number of hydrogen-bond donors (Lipinski definition) is 0. The molecule has 3 nitrogen and oxygen atoms in total. The zero-order valence-electron chi connectivity index (χ0n) is 10.8. The maximum absolute atomic E-state index is 12.0. The SMILES string of the molecule is CCCCN(CCBr)C(=O)CCC1CCCO1. The van der Waals surface area contributed by atoms with Crippen LogP contribution in [0, 0.1) is 0 Å². The van der Waals surface area contributed by atoms with E-state index in [2.05, 4.69) is 22.9 Å². The highest BCUT2D eigenvalue weighted by Crippen LogP contribution is 2.17. The fraction of sp³-hybridized carbons (Fsp3) is 0.923. The summed E-state index contributed by atoms with van der Waals surface area (Å²) in [5.41, 5.74) is 0. The predicted molar refractivity (Wildman–Crippen MR) is 73.5 cm³/mol. The lowest BCUT2D eigenvalue weighted by molar-refractivity contribution is -0.131. The van der Waals surface area contributed by atoms with Crippen LogP contribution < -0.4 is 0 Å². The second-order valence-corrected chi connectivity index (χ2v) is 5.39. The standard InChI is InChI=1S/C13H24BrNO2/c1-2-3-9-15(10-8-14)13(16)7-6-12-5-4-11-17-12/h12H,2-11H2,1H3. The third kappa shape index (κ3) is 5.87. The maximum Gasteiger partial charge on any atom is 0.222 e. The zero-order valence-corrected chi connectivity index (χ0v) is 12.4. The minimum absolute atomic E-state index is 0.286. The number of alkyl halides is 1. The Kier molecular flexibility index (Phi) is 7.86. The molecule has 0 saturated carbocycles. The number of carbonyl (C=O) groups excluding carboxylic acids is 1. The molecular formula is C13H24BrNO2. The Bertz CT molecular complexity index is 217. The first-order chi connectivity index (χ1) is 8.27. The van der Waals surface area contributed by atoms with Gasteiger partial charge < -0.3 is 9.64 Å². The molecule has 1 aliphatic heterocycles. The van der Waals surface area contributed by atoms with Crippen LogP contribution in [0.1, 0.15) is 45.4 Å². The van der Waals surface area contributed by atoms with E-state index in [1.54, 1.807) is 0 Å². The maximum atomic E-state index is 12.0. The largest absolute Gasteiger partial charge is 0.378 e. The summed E-state index contributed by atoms with van der Waals surface area (Å²) in [6, 6.07) is 0. The van der Waals surface area contributed by atoms with Gasteiger partial charge in [0.05, 0.1) is 6.10 Å². The number of amides is 1. The topological polar surface area (TPSA) is 29.5 Å². The lowest BCUT2D eigenvalue weighted by Gasteiger charge is -2.22. The number of rotatable bonds is 8. The van der Waals surface area contributed by atoms with Gasteiger partial charge in [-0.05, 0) is 25.7 Å². The Labute approximate surface area is 113 Å². The van der Waals surface area contributed by atoms with Crippen molar-refractivity contribution in [2.75, 3.05) is 25.0 Å². The normalized spacial score (nSPS) is 19.5. The summed E-state index contributed by atoms with van der Waals surface area (Å²) in [5, 5.41) is 0.863. The minimum Gasteiger partial charge on any atom is -0.378 e. The van der Waals surface area contributed by atoms with Gasteiger partial charge >= 0.3 is 0 Å². The molecule has 0 aromatic carbocycles. The minimum atomic E-state index is 0.286. The van der Waals surface area contributed by atoms with Gasteiger partial charge in [0.15, 0.2) is 0 Å². The third-order valence-corrected chi connectivity index (χ3v) is 3.55. The fourth-order valence-electron chi connectivity index (χ4n) is 2.13.